The number of nitriles is 1. The lowest BCUT2D eigenvalue weighted by Gasteiger charge is -2.22. The molecule has 0 radical (unpaired) electrons. The Bertz CT molecular complexity index is 631. The number of ether oxygens (including phenoxy) is 2. The first kappa shape index (κ1) is 17.9. The van der Waals surface area contributed by atoms with Crippen LogP contribution in [0, 0.1) is 17.2 Å². The summed E-state index contributed by atoms with van der Waals surface area (Å²) >= 11 is 0. The molecule has 0 heterocycles. The molecule has 1 aromatic carbocycles. The number of nitrogens with zero attached hydrogens (tertiary/aromatic N) is 1. The highest BCUT2D eigenvalue weighted by Gasteiger charge is 2.23. The van der Waals surface area contributed by atoms with Gasteiger partial charge in [-0.3, -0.25) is 0 Å². The van der Waals surface area contributed by atoms with Gasteiger partial charge in [0, 0.05) is 0 Å². The van der Waals surface area contributed by atoms with Crippen LogP contribution in [0.1, 0.15) is 61.4 Å². The molecule has 0 unspecified atom stereocenters. The van der Waals surface area contributed by atoms with Crippen LogP contribution < -0.4 is 10.5 Å². The number of carbonyl (C=O) groups is 1. The minimum absolute atomic E-state index is 0.00656. The van der Waals surface area contributed by atoms with Gasteiger partial charge >= 0.3 is 5.97 Å². The molecule has 0 spiro atoms. The predicted molar refractivity (Wildman–Crippen MR) is 89.9 cm³/mol. The number of phenols is 1. The van der Waals surface area contributed by atoms with E-state index in [1.54, 1.807) is 6.92 Å². The molecule has 0 saturated heterocycles. The summed E-state index contributed by atoms with van der Waals surface area (Å²) in [6.45, 7) is 2.22. The van der Waals surface area contributed by atoms with E-state index < -0.39 is 5.97 Å². The molecule has 2 rings (SSSR count). The van der Waals surface area contributed by atoms with Crippen molar-refractivity contribution in [1.29, 1.82) is 5.26 Å². The molecule has 1 aromatic rings. The topological polar surface area (TPSA) is 106 Å². The predicted octanol–water partition coefficient (Wildman–Crippen LogP) is 3.37. The molecule has 0 aromatic heterocycles. The second kappa shape index (κ2) is 8.44. The summed E-state index contributed by atoms with van der Waals surface area (Å²) in [5.74, 6) is -0.462. The fourth-order valence-electron chi connectivity index (χ4n) is 3.07. The fourth-order valence-corrected chi connectivity index (χ4v) is 3.07. The number of nitrogen functional groups attached to an aromatic ring is 1. The first-order valence-corrected chi connectivity index (χ1v) is 8.43. The number of aromatic hydroxyl groups is 1. The summed E-state index contributed by atoms with van der Waals surface area (Å²) in [4.78, 5) is 11.9. The number of nitrogens with two attached hydrogens (primary N) is 1. The highest BCUT2D eigenvalue weighted by atomic mass is 16.5. The standard InChI is InChI=1S/C18H24N2O4/c1-2-23-18(22)14-10-13(11-19)15(20)17(16(14)21)24-9-8-12-6-4-3-5-7-12/h10,12,21H,2-9,20H2,1H3. The summed E-state index contributed by atoms with van der Waals surface area (Å²) in [7, 11) is 0. The zero-order chi connectivity index (χ0) is 17.5. The SMILES string of the molecule is CCOC(=O)c1cc(C#N)c(N)c(OCCC2CCCCC2)c1O. The molecular weight excluding hydrogens is 308 g/mol. The second-order valence-electron chi connectivity index (χ2n) is 6.04. The largest absolute Gasteiger partial charge is 0.504 e. The highest BCUT2D eigenvalue weighted by Crippen LogP contribution is 2.39. The van der Waals surface area contributed by atoms with Crippen molar-refractivity contribution in [3.8, 4) is 17.6 Å². The van der Waals surface area contributed by atoms with Crippen LogP contribution in [0.3, 0.4) is 0 Å². The molecule has 130 valence electrons. The maximum absolute atomic E-state index is 11.9. The van der Waals surface area contributed by atoms with E-state index in [2.05, 4.69) is 0 Å². The molecule has 0 atom stereocenters. The molecule has 0 bridgehead atoms. The van der Waals surface area contributed by atoms with Gasteiger partial charge in [-0.15, -0.1) is 0 Å². The molecule has 6 nitrogen and oxygen atoms in total. The Morgan fingerprint density at radius 2 is 2.12 bits per heavy atom. The Labute approximate surface area is 142 Å². The lowest BCUT2D eigenvalue weighted by molar-refractivity contribution is 0.0522. The van der Waals surface area contributed by atoms with E-state index >= 15 is 0 Å². The number of anilines is 1. The molecule has 0 amide bonds. The van der Waals surface area contributed by atoms with Gasteiger partial charge in [0.05, 0.1) is 24.5 Å². The summed E-state index contributed by atoms with van der Waals surface area (Å²) in [6, 6.07) is 3.15. The molecule has 24 heavy (non-hydrogen) atoms. The van der Waals surface area contributed by atoms with Crippen LogP contribution in [0.2, 0.25) is 0 Å². The third-order valence-electron chi connectivity index (χ3n) is 4.41. The molecular formula is C18H24N2O4. The highest BCUT2D eigenvalue weighted by molar-refractivity contribution is 5.95. The molecule has 3 N–H and O–H groups in total. The Hall–Kier alpha value is -2.42. The van der Waals surface area contributed by atoms with E-state index in [9.17, 15) is 15.2 Å². The van der Waals surface area contributed by atoms with Crippen molar-refractivity contribution in [3.05, 3.63) is 17.2 Å². The number of hydrogen-bond acceptors (Lipinski definition) is 6. The molecule has 1 fully saturated rings. The van der Waals surface area contributed by atoms with Crippen LogP contribution in [0.4, 0.5) is 5.69 Å². The fraction of sp³-hybridized carbons (Fsp3) is 0.556. The van der Waals surface area contributed by atoms with Crippen molar-refractivity contribution >= 4 is 11.7 Å². The summed E-state index contributed by atoms with van der Waals surface area (Å²) in [5.41, 5.74) is 5.93. The average molecular weight is 332 g/mol. The van der Waals surface area contributed by atoms with E-state index in [0.29, 0.717) is 12.5 Å². The third-order valence-corrected chi connectivity index (χ3v) is 4.41. The van der Waals surface area contributed by atoms with Gasteiger partial charge in [0.15, 0.2) is 11.5 Å². The Balaban J connectivity index is 2.16. The van der Waals surface area contributed by atoms with Crippen LogP contribution in [0.15, 0.2) is 6.07 Å². The maximum Gasteiger partial charge on any atom is 0.342 e. The molecule has 6 heteroatoms. The number of carbonyl (C=O) groups excluding carboxylic acids is 1. The van der Waals surface area contributed by atoms with Crippen molar-refractivity contribution in [2.24, 2.45) is 5.92 Å². The number of esters is 1. The summed E-state index contributed by atoms with van der Waals surface area (Å²) in [6.07, 6.45) is 7.03. The minimum atomic E-state index is -0.705. The number of rotatable bonds is 6. The average Bonchev–Trinajstić information content (AvgIpc) is 2.59. The van der Waals surface area contributed by atoms with E-state index in [-0.39, 0.29) is 34.9 Å². The lowest BCUT2D eigenvalue weighted by Crippen LogP contribution is -2.13. The number of hydrogen-bond donors (Lipinski definition) is 2. The van der Waals surface area contributed by atoms with E-state index in [1.165, 1.54) is 38.2 Å². The number of phenolic OH excluding ortho intramolecular Hbond substituents is 1. The quantitative estimate of drug-likeness (QED) is 0.611. The lowest BCUT2D eigenvalue weighted by atomic mass is 9.87. The Morgan fingerprint density at radius 3 is 2.75 bits per heavy atom. The molecule has 1 aliphatic carbocycles. The minimum Gasteiger partial charge on any atom is -0.504 e. The Kier molecular flexibility index (Phi) is 6.30. The van der Waals surface area contributed by atoms with Crippen molar-refractivity contribution in [3.63, 3.8) is 0 Å². The van der Waals surface area contributed by atoms with Crippen LogP contribution >= 0.6 is 0 Å². The van der Waals surface area contributed by atoms with Gasteiger partial charge in [-0.2, -0.15) is 5.26 Å². The van der Waals surface area contributed by atoms with Crippen LogP contribution in [0.5, 0.6) is 11.5 Å². The van der Waals surface area contributed by atoms with Crippen molar-refractivity contribution < 1.29 is 19.4 Å². The van der Waals surface area contributed by atoms with E-state index in [1.807, 2.05) is 6.07 Å². The number of benzene rings is 1. The first-order valence-electron chi connectivity index (χ1n) is 8.43. The second-order valence-corrected chi connectivity index (χ2v) is 6.04. The van der Waals surface area contributed by atoms with Crippen LogP contribution in [-0.4, -0.2) is 24.3 Å². The van der Waals surface area contributed by atoms with Gasteiger partial charge in [-0.1, -0.05) is 32.1 Å². The van der Waals surface area contributed by atoms with Crippen molar-refractivity contribution in [2.75, 3.05) is 18.9 Å². The maximum atomic E-state index is 11.9. The van der Waals surface area contributed by atoms with Gasteiger partial charge in [0.2, 0.25) is 0 Å². The zero-order valence-corrected chi connectivity index (χ0v) is 14.0. The molecule has 1 aliphatic rings. The molecule has 0 aliphatic heterocycles. The smallest absolute Gasteiger partial charge is 0.342 e. The monoisotopic (exact) mass is 332 g/mol. The van der Waals surface area contributed by atoms with Crippen LogP contribution in [-0.2, 0) is 4.74 Å². The van der Waals surface area contributed by atoms with Gasteiger partial charge in [0.1, 0.15) is 11.6 Å². The van der Waals surface area contributed by atoms with Crippen molar-refractivity contribution in [1.82, 2.24) is 0 Å². The van der Waals surface area contributed by atoms with Gasteiger partial charge in [-0.25, -0.2) is 4.79 Å². The van der Waals surface area contributed by atoms with Gasteiger partial charge < -0.3 is 20.3 Å². The first-order chi connectivity index (χ1) is 11.6. The van der Waals surface area contributed by atoms with Crippen molar-refractivity contribution in [2.45, 2.75) is 45.4 Å². The van der Waals surface area contributed by atoms with Gasteiger partial charge in [0.25, 0.3) is 0 Å². The van der Waals surface area contributed by atoms with E-state index in [4.69, 9.17) is 15.2 Å². The normalized spacial score (nSPS) is 14.8. The third kappa shape index (κ3) is 4.10. The zero-order valence-electron chi connectivity index (χ0n) is 14.0. The van der Waals surface area contributed by atoms with Crippen LogP contribution in [0.25, 0.3) is 0 Å². The summed E-state index contributed by atoms with van der Waals surface area (Å²) < 4.78 is 10.5. The van der Waals surface area contributed by atoms with Gasteiger partial charge in [-0.05, 0) is 25.3 Å². The van der Waals surface area contributed by atoms with E-state index in [0.717, 1.165) is 6.42 Å². The Morgan fingerprint density at radius 1 is 1.42 bits per heavy atom. The summed E-state index contributed by atoms with van der Waals surface area (Å²) in [5, 5.41) is 19.5. The molecule has 1 saturated carbocycles.